The van der Waals surface area contributed by atoms with E-state index in [-0.39, 0.29) is 0 Å². The van der Waals surface area contributed by atoms with Crippen LogP contribution in [0.1, 0.15) is 136 Å². The van der Waals surface area contributed by atoms with E-state index in [2.05, 4.69) is 72.9 Å². The number of rotatable bonds is 8. The van der Waals surface area contributed by atoms with Gasteiger partial charge in [-0.1, -0.05) is 173 Å². The molecule has 0 unspecified atom stereocenters. The monoisotopic (exact) mass is 530 g/mol. The zero-order valence-electron chi connectivity index (χ0n) is 27.0. The van der Waals surface area contributed by atoms with Crippen LogP contribution < -0.4 is 0 Å². The summed E-state index contributed by atoms with van der Waals surface area (Å²) >= 11 is 5.71. The molecular formula is C36H63Cl. The van der Waals surface area contributed by atoms with Crippen LogP contribution in [0.4, 0.5) is 0 Å². The van der Waals surface area contributed by atoms with Gasteiger partial charge in [-0.3, -0.25) is 0 Å². The average molecular weight is 531 g/mol. The Kier molecular flexibility index (Phi) is 36.9. The van der Waals surface area contributed by atoms with Gasteiger partial charge >= 0.3 is 0 Å². The van der Waals surface area contributed by atoms with Crippen LogP contribution in [0.25, 0.3) is 5.57 Å². The van der Waals surface area contributed by atoms with Crippen LogP contribution in [0.3, 0.4) is 0 Å². The number of halogens is 1. The summed E-state index contributed by atoms with van der Waals surface area (Å²) in [6.07, 6.45) is 11.1. The predicted octanol–water partition coefficient (Wildman–Crippen LogP) is 13.8. The maximum absolute atomic E-state index is 5.71. The largest absolute Gasteiger partial charge is 0.0955 e. The van der Waals surface area contributed by atoms with Gasteiger partial charge in [0.25, 0.3) is 0 Å². The lowest BCUT2D eigenvalue weighted by molar-refractivity contribution is 0.624. The van der Waals surface area contributed by atoms with Gasteiger partial charge in [-0.15, -0.1) is 0 Å². The van der Waals surface area contributed by atoms with E-state index in [1.807, 2.05) is 65.8 Å². The molecule has 0 saturated heterocycles. The molecule has 0 N–H and O–H groups in total. The smallest absolute Gasteiger partial charge is 0.0435 e. The van der Waals surface area contributed by atoms with Crippen molar-refractivity contribution in [2.75, 3.05) is 0 Å². The van der Waals surface area contributed by atoms with E-state index in [0.29, 0.717) is 0 Å². The Balaban J connectivity index is -0.000000199. The summed E-state index contributed by atoms with van der Waals surface area (Å²) < 4.78 is 0. The summed E-state index contributed by atoms with van der Waals surface area (Å²) in [6, 6.07) is 14.0. The van der Waals surface area contributed by atoms with Crippen molar-refractivity contribution in [1.82, 2.24) is 0 Å². The lowest BCUT2D eigenvalue weighted by Gasteiger charge is -2.10. The van der Waals surface area contributed by atoms with Crippen molar-refractivity contribution in [3.63, 3.8) is 0 Å². The van der Waals surface area contributed by atoms with E-state index >= 15 is 0 Å². The second-order valence-corrected chi connectivity index (χ2v) is 9.08. The number of hydrogen-bond acceptors (Lipinski definition) is 0. The minimum atomic E-state index is 0.840. The summed E-state index contributed by atoms with van der Waals surface area (Å²) in [4.78, 5) is 0. The van der Waals surface area contributed by atoms with Crippen molar-refractivity contribution < 1.29 is 0 Å². The standard InChI is InChI=1S/C13H16.C8H18.C7H7Cl.C4H10.2C2H6/c1-9(2)11(4)13-8-6-7-10(3)12(13)5;1-3-5-7-8-6-4-2;1-6-4-2-3-5-7(6)8;1-3-4-2;2*1-2/h6-8H,1,4H2,2-3,5H3;3-8H2,1-2H3;2-5H,1H3;3-4H2,1-2H3;2*1-2H3. The predicted molar refractivity (Wildman–Crippen MR) is 178 cm³/mol. The molecule has 1 heteroatoms. The summed E-state index contributed by atoms with van der Waals surface area (Å²) in [5.74, 6) is 0. The van der Waals surface area contributed by atoms with Crippen molar-refractivity contribution in [3.05, 3.63) is 88.5 Å². The van der Waals surface area contributed by atoms with Crippen LogP contribution in [0.5, 0.6) is 0 Å². The van der Waals surface area contributed by atoms with Gasteiger partial charge in [0.2, 0.25) is 0 Å². The molecule has 0 aliphatic rings. The molecular weight excluding hydrogens is 468 g/mol. The fourth-order valence-corrected chi connectivity index (χ4v) is 2.85. The number of hydrogen-bond donors (Lipinski definition) is 0. The molecule has 0 nitrogen and oxygen atoms in total. The van der Waals surface area contributed by atoms with Crippen LogP contribution in [-0.2, 0) is 0 Å². The number of unbranched alkanes of at least 4 members (excludes halogenated alkanes) is 6. The highest BCUT2D eigenvalue weighted by Crippen LogP contribution is 2.24. The SMILES string of the molecule is C=C(C)C(=C)c1cccc(C)c1C.CC.CC.CCCC.CCCCCCCC.Cc1ccccc1Cl. The number of allylic oxidation sites excluding steroid dienone is 2. The Morgan fingerprint density at radius 3 is 1.38 bits per heavy atom. The summed E-state index contributed by atoms with van der Waals surface area (Å²) in [5, 5.41) is 0.840. The Morgan fingerprint density at radius 2 is 1.05 bits per heavy atom. The van der Waals surface area contributed by atoms with Crippen molar-refractivity contribution in [2.24, 2.45) is 0 Å². The fraction of sp³-hybridized carbons (Fsp3) is 0.556. The molecule has 0 amide bonds. The summed E-state index contributed by atoms with van der Waals surface area (Å²) in [6.45, 7) is 33.0. The van der Waals surface area contributed by atoms with E-state index < -0.39 is 0 Å². The average Bonchev–Trinajstić information content (AvgIpc) is 2.92. The minimum absolute atomic E-state index is 0.840. The maximum Gasteiger partial charge on any atom is 0.0435 e. The Bertz CT molecular complexity index is 741. The topological polar surface area (TPSA) is 0 Å². The van der Waals surface area contributed by atoms with Gasteiger partial charge in [-0.2, -0.15) is 0 Å². The Labute approximate surface area is 239 Å². The molecule has 0 aliphatic carbocycles. The highest BCUT2D eigenvalue weighted by molar-refractivity contribution is 6.31. The molecule has 0 aromatic heterocycles. The molecule has 0 radical (unpaired) electrons. The van der Waals surface area contributed by atoms with Gasteiger partial charge in [-0.25, -0.2) is 0 Å². The molecule has 0 saturated carbocycles. The highest BCUT2D eigenvalue weighted by Gasteiger charge is 2.04. The minimum Gasteiger partial charge on any atom is -0.0955 e. The first-order valence-electron chi connectivity index (χ1n) is 14.8. The van der Waals surface area contributed by atoms with Crippen molar-refractivity contribution in [2.45, 2.75) is 134 Å². The Hall–Kier alpha value is -1.79. The molecule has 0 fully saturated rings. The first-order valence-corrected chi connectivity index (χ1v) is 15.2. The second-order valence-electron chi connectivity index (χ2n) is 8.67. The van der Waals surface area contributed by atoms with Crippen LogP contribution in [0.2, 0.25) is 5.02 Å². The summed E-state index contributed by atoms with van der Waals surface area (Å²) in [7, 11) is 0. The molecule has 214 valence electrons. The molecule has 0 heterocycles. The van der Waals surface area contributed by atoms with E-state index in [9.17, 15) is 0 Å². The van der Waals surface area contributed by atoms with Crippen molar-refractivity contribution in [3.8, 4) is 0 Å². The van der Waals surface area contributed by atoms with Crippen molar-refractivity contribution in [1.29, 1.82) is 0 Å². The molecule has 0 bridgehead atoms. The van der Waals surface area contributed by atoms with Crippen LogP contribution in [0.15, 0.2) is 61.2 Å². The lowest BCUT2D eigenvalue weighted by atomic mass is 9.95. The van der Waals surface area contributed by atoms with Crippen LogP contribution in [0, 0.1) is 20.8 Å². The van der Waals surface area contributed by atoms with Gasteiger partial charge in [0.1, 0.15) is 0 Å². The van der Waals surface area contributed by atoms with Crippen LogP contribution in [-0.4, -0.2) is 0 Å². The van der Waals surface area contributed by atoms with E-state index in [4.69, 9.17) is 11.6 Å². The van der Waals surface area contributed by atoms with Gasteiger partial charge in [0.05, 0.1) is 0 Å². The molecule has 0 atom stereocenters. The zero-order valence-corrected chi connectivity index (χ0v) is 27.7. The van der Waals surface area contributed by atoms with Crippen molar-refractivity contribution >= 4 is 17.2 Å². The Morgan fingerprint density at radius 1 is 0.622 bits per heavy atom. The first kappa shape index (κ1) is 42.3. The van der Waals surface area contributed by atoms with Crippen LogP contribution >= 0.6 is 11.6 Å². The lowest BCUT2D eigenvalue weighted by Crippen LogP contribution is -1.90. The summed E-state index contributed by atoms with van der Waals surface area (Å²) in [5.41, 5.74) is 7.03. The second kappa shape index (κ2) is 32.2. The molecule has 0 spiro atoms. The molecule has 0 aliphatic heterocycles. The quantitative estimate of drug-likeness (QED) is 0.235. The first-order chi connectivity index (χ1) is 17.7. The number of aryl methyl sites for hydroxylation is 2. The molecule has 37 heavy (non-hydrogen) atoms. The van der Waals surface area contributed by atoms with E-state index in [1.165, 1.54) is 68.1 Å². The molecule has 2 aromatic carbocycles. The zero-order chi connectivity index (χ0) is 29.6. The normalized spacial score (nSPS) is 8.68. The highest BCUT2D eigenvalue weighted by atomic mass is 35.5. The maximum atomic E-state index is 5.71. The third kappa shape index (κ3) is 25.6. The van der Waals surface area contributed by atoms with Gasteiger partial charge in [0.15, 0.2) is 0 Å². The third-order valence-corrected chi connectivity index (χ3v) is 5.90. The molecule has 2 aromatic rings. The third-order valence-electron chi connectivity index (χ3n) is 5.48. The fourth-order valence-electron chi connectivity index (χ4n) is 2.71. The number of benzene rings is 2. The van der Waals surface area contributed by atoms with E-state index in [0.717, 1.165) is 21.7 Å². The van der Waals surface area contributed by atoms with Gasteiger partial charge < -0.3 is 0 Å². The van der Waals surface area contributed by atoms with Gasteiger partial charge in [-0.05, 0) is 61.6 Å². The van der Waals surface area contributed by atoms with Gasteiger partial charge in [0, 0.05) is 5.02 Å². The molecule has 2 rings (SSSR count). The van der Waals surface area contributed by atoms with E-state index in [1.54, 1.807) is 0 Å².